The number of halogens is 2. The highest BCUT2D eigenvalue weighted by molar-refractivity contribution is 5.93. The number of carbonyl (C=O) groups excluding carboxylic acids is 1. The SMILES string of the molecule is O=C(NCC=Cc1ccc2[nH]c(=O)[nH]c2c1)c1cccn(Cc2ccc(F)c(F)c2)c1=O. The lowest BCUT2D eigenvalue weighted by atomic mass is 10.2. The number of hydrogen-bond donors (Lipinski definition) is 3. The Bertz CT molecular complexity index is 1450. The van der Waals surface area contributed by atoms with E-state index in [1.807, 2.05) is 6.07 Å². The van der Waals surface area contributed by atoms with Crippen LogP contribution >= 0.6 is 0 Å². The van der Waals surface area contributed by atoms with Crippen LogP contribution in [0.15, 0.2) is 70.4 Å². The van der Waals surface area contributed by atoms with Crippen LogP contribution in [-0.4, -0.2) is 27.0 Å². The molecule has 0 spiro atoms. The number of rotatable bonds is 6. The van der Waals surface area contributed by atoms with Crippen molar-refractivity contribution in [3.8, 4) is 0 Å². The van der Waals surface area contributed by atoms with Gasteiger partial charge in [-0.3, -0.25) is 9.59 Å². The van der Waals surface area contributed by atoms with Gasteiger partial charge < -0.3 is 19.9 Å². The summed E-state index contributed by atoms with van der Waals surface area (Å²) in [4.78, 5) is 41.7. The lowest BCUT2D eigenvalue weighted by molar-refractivity contribution is 0.0956. The first-order chi connectivity index (χ1) is 15.4. The van der Waals surface area contributed by atoms with Gasteiger partial charge in [-0.15, -0.1) is 0 Å². The Morgan fingerprint density at radius 2 is 1.81 bits per heavy atom. The molecule has 0 fully saturated rings. The van der Waals surface area contributed by atoms with Crippen molar-refractivity contribution in [3.05, 3.63) is 110 Å². The van der Waals surface area contributed by atoms with Gasteiger partial charge in [-0.1, -0.05) is 24.3 Å². The molecule has 0 aliphatic rings. The predicted octanol–water partition coefficient (Wildman–Crippen LogP) is 2.79. The average Bonchev–Trinajstić information content (AvgIpc) is 3.14. The highest BCUT2D eigenvalue weighted by Gasteiger charge is 2.12. The number of benzene rings is 2. The van der Waals surface area contributed by atoms with Crippen molar-refractivity contribution in [2.45, 2.75) is 6.54 Å². The fraction of sp³-hybridized carbons (Fsp3) is 0.0870. The summed E-state index contributed by atoms with van der Waals surface area (Å²) in [5.41, 5.74) is 1.71. The van der Waals surface area contributed by atoms with E-state index in [1.165, 1.54) is 22.9 Å². The van der Waals surface area contributed by atoms with E-state index in [0.29, 0.717) is 16.6 Å². The molecule has 2 aromatic heterocycles. The van der Waals surface area contributed by atoms with Crippen molar-refractivity contribution < 1.29 is 13.6 Å². The molecule has 1 amide bonds. The average molecular weight is 436 g/mol. The third-order valence-corrected chi connectivity index (χ3v) is 4.83. The zero-order valence-electron chi connectivity index (χ0n) is 16.7. The van der Waals surface area contributed by atoms with Crippen LogP contribution in [0.5, 0.6) is 0 Å². The second kappa shape index (κ2) is 8.84. The molecule has 0 unspecified atom stereocenters. The summed E-state index contributed by atoms with van der Waals surface area (Å²) >= 11 is 0. The zero-order valence-corrected chi connectivity index (χ0v) is 16.7. The maximum atomic E-state index is 13.4. The molecule has 0 saturated carbocycles. The van der Waals surface area contributed by atoms with Gasteiger partial charge in [-0.2, -0.15) is 0 Å². The molecule has 0 radical (unpaired) electrons. The summed E-state index contributed by atoms with van der Waals surface area (Å²) in [7, 11) is 0. The van der Waals surface area contributed by atoms with Crippen LogP contribution in [0.4, 0.5) is 8.78 Å². The number of hydrogen-bond acceptors (Lipinski definition) is 3. The van der Waals surface area contributed by atoms with Crippen LogP contribution in [0, 0.1) is 11.6 Å². The lowest BCUT2D eigenvalue weighted by Crippen LogP contribution is -2.33. The van der Waals surface area contributed by atoms with Gasteiger partial charge in [0, 0.05) is 12.7 Å². The summed E-state index contributed by atoms with van der Waals surface area (Å²) in [5, 5.41) is 2.65. The molecular formula is C23H18F2N4O3. The summed E-state index contributed by atoms with van der Waals surface area (Å²) in [6, 6.07) is 11.7. The van der Waals surface area contributed by atoms with Crippen molar-refractivity contribution in [1.29, 1.82) is 0 Å². The molecule has 162 valence electrons. The number of carbonyl (C=O) groups is 1. The van der Waals surface area contributed by atoms with E-state index in [1.54, 1.807) is 30.4 Å². The van der Waals surface area contributed by atoms with Gasteiger partial charge in [-0.05, 0) is 47.5 Å². The van der Waals surface area contributed by atoms with E-state index < -0.39 is 23.1 Å². The molecule has 2 aromatic carbocycles. The molecule has 3 N–H and O–H groups in total. The van der Waals surface area contributed by atoms with E-state index in [2.05, 4.69) is 15.3 Å². The normalized spacial score (nSPS) is 11.3. The number of nitrogens with zero attached hydrogens (tertiary/aromatic N) is 1. The van der Waals surface area contributed by atoms with E-state index in [4.69, 9.17) is 0 Å². The molecule has 4 aromatic rings. The first-order valence-corrected chi connectivity index (χ1v) is 9.71. The Morgan fingerprint density at radius 1 is 1.00 bits per heavy atom. The van der Waals surface area contributed by atoms with E-state index in [9.17, 15) is 23.2 Å². The third-order valence-electron chi connectivity index (χ3n) is 4.83. The molecule has 0 atom stereocenters. The molecule has 4 rings (SSSR count). The molecule has 7 nitrogen and oxygen atoms in total. The quantitative estimate of drug-likeness (QED) is 0.433. The highest BCUT2D eigenvalue weighted by atomic mass is 19.2. The topological polar surface area (TPSA) is 99.8 Å². The Kier molecular flexibility index (Phi) is 5.80. The highest BCUT2D eigenvalue weighted by Crippen LogP contribution is 2.11. The van der Waals surface area contributed by atoms with Crippen LogP contribution < -0.4 is 16.6 Å². The monoisotopic (exact) mass is 436 g/mol. The number of imidazole rings is 1. The summed E-state index contributed by atoms with van der Waals surface area (Å²) in [6.45, 7) is 0.179. The minimum absolute atomic E-state index is 0.000774. The van der Waals surface area contributed by atoms with Crippen molar-refractivity contribution in [1.82, 2.24) is 19.9 Å². The fourth-order valence-corrected chi connectivity index (χ4v) is 3.26. The number of pyridine rings is 1. The number of aromatic amines is 2. The first-order valence-electron chi connectivity index (χ1n) is 9.71. The minimum atomic E-state index is -1.00. The molecule has 0 saturated heterocycles. The van der Waals surface area contributed by atoms with Crippen LogP contribution in [0.1, 0.15) is 21.5 Å². The third kappa shape index (κ3) is 4.56. The molecule has 0 bridgehead atoms. The molecule has 2 heterocycles. The summed E-state index contributed by atoms with van der Waals surface area (Å²) < 4.78 is 27.8. The maximum absolute atomic E-state index is 13.4. The zero-order chi connectivity index (χ0) is 22.7. The number of aromatic nitrogens is 3. The number of nitrogens with one attached hydrogen (secondary N) is 3. The van der Waals surface area contributed by atoms with E-state index in [-0.39, 0.29) is 24.3 Å². The fourth-order valence-electron chi connectivity index (χ4n) is 3.26. The maximum Gasteiger partial charge on any atom is 0.323 e. The molecule has 9 heteroatoms. The van der Waals surface area contributed by atoms with E-state index >= 15 is 0 Å². The lowest BCUT2D eigenvalue weighted by Gasteiger charge is -2.09. The van der Waals surface area contributed by atoms with Gasteiger partial charge in [0.25, 0.3) is 11.5 Å². The van der Waals surface area contributed by atoms with Crippen LogP contribution in [0.3, 0.4) is 0 Å². The van der Waals surface area contributed by atoms with Crippen molar-refractivity contribution in [2.75, 3.05) is 6.54 Å². The van der Waals surface area contributed by atoms with Gasteiger partial charge in [0.15, 0.2) is 11.6 Å². The minimum Gasteiger partial charge on any atom is -0.348 e. The first kappa shape index (κ1) is 21.0. The standard InChI is InChI=1S/C23H18F2N4O3/c24-17-7-5-15(11-18(17)25)13-29-10-2-4-16(22(29)31)21(30)26-9-1-3-14-6-8-19-20(12-14)28-23(32)27-19/h1-8,10-12H,9,13H2,(H,26,30)(H2,27,28,32). The van der Waals surface area contributed by atoms with Crippen molar-refractivity contribution >= 4 is 23.0 Å². The Hall–Kier alpha value is -4.27. The van der Waals surface area contributed by atoms with Crippen molar-refractivity contribution in [2.24, 2.45) is 0 Å². The predicted molar refractivity (Wildman–Crippen MR) is 116 cm³/mol. The summed E-state index contributed by atoms with van der Waals surface area (Å²) in [5.74, 6) is -2.52. The second-order valence-corrected chi connectivity index (χ2v) is 7.10. The van der Waals surface area contributed by atoms with Crippen LogP contribution in [0.25, 0.3) is 17.1 Å². The summed E-state index contributed by atoms with van der Waals surface area (Å²) in [6.07, 6.45) is 4.96. The van der Waals surface area contributed by atoms with Crippen molar-refractivity contribution in [3.63, 3.8) is 0 Å². The van der Waals surface area contributed by atoms with Crippen LogP contribution in [-0.2, 0) is 6.54 Å². The van der Waals surface area contributed by atoms with Gasteiger partial charge in [0.2, 0.25) is 0 Å². The Labute approximate surface area is 180 Å². The molecular weight excluding hydrogens is 418 g/mol. The van der Waals surface area contributed by atoms with Gasteiger partial charge >= 0.3 is 5.69 Å². The molecule has 0 aliphatic heterocycles. The number of fused-ring (bicyclic) bond motifs is 1. The van der Waals surface area contributed by atoms with Gasteiger partial charge in [0.1, 0.15) is 5.56 Å². The largest absolute Gasteiger partial charge is 0.348 e. The Balaban J connectivity index is 1.42. The second-order valence-electron chi connectivity index (χ2n) is 7.10. The van der Waals surface area contributed by atoms with Gasteiger partial charge in [0.05, 0.1) is 17.6 Å². The number of H-pyrrole nitrogens is 2. The Morgan fingerprint density at radius 3 is 2.62 bits per heavy atom. The molecule has 32 heavy (non-hydrogen) atoms. The smallest absolute Gasteiger partial charge is 0.323 e. The van der Waals surface area contributed by atoms with Crippen LogP contribution in [0.2, 0.25) is 0 Å². The molecule has 0 aliphatic carbocycles. The number of amides is 1. The van der Waals surface area contributed by atoms with Gasteiger partial charge in [-0.25, -0.2) is 13.6 Å². The van der Waals surface area contributed by atoms with E-state index in [0.717, 1.165) is 17.7 Å².